The predicted molar refractivity (Wildman–Crippen MR) is 113 cm³/mol. The Hall–Kier alpha value is -3.00. The summed E-state index contributed by atoms with van der Waals surface area (Å²) in [5.74, 6) is 1.71. The molecule has 4 rings (SSSR count). The molecule has 30 heavy (non-hydrogen) atoms. The van der Waals surface area contributed by atoms with Crippen LogP contribution < -0.4 is 0 Å². The first kappa shape index (κ1) is 20.3. The highest BCUT2D eigenvalue weighted by Gasteiger charge is 2.25. The van der Waals surface area contributed by atoms with Gasteiger partial charge in [0.2, 0.25) is 11.7 Å². The van der Waals surface area contributed by atoms with Crippen LogP contribution in [0, 0.1) is 12.8 Å². The van der Waals surface area contributed by atoms with Crippen LogP contribution >= 0.6 is 0 Å². The van der Waals surface area contributed by atoms with Gasteiger partial charge in [-0.1, -0.05) is 48.8 Å². The molecular weight excluding hydrogens is 380 g/mol. The van der Waals surface area contributed by atoms with Gasteiger partial charge >= 0.3 is 0 Å². The van der Waals surface area contributed by atoms with E-state index in [1.807, 2.05) is 42.2 Å². The average molecular weight is 409 g/mol. The second-order valence-corrected chi connectivity index (χ2v) is 8.32. The zero-order valence-corrected chi connectivity index (χ0v) is 17.8. The first-order valence-corrected chi connectivity index (χ1v) is 10.4. The molecular formula is C22H28N6O2. The summed E-state index contributed by atoms with van der Waals surface area (Å²) in [5.41, 5.74) is 3.65. The Labute approximate surface area is 176 Å². The molecule has 1 amide bonds. The van der Waals surface area contributed by atoms with E-state index in [-0.39, 0.29) is 5.91 Å². The van der Waals surface area contributed by atoms with Gasteiger partial charge in [0.15, 0.2) is 0 Å². The minimum atomic E-state index is -0.0136. The van der Waals surface area contributed by atoms with Crippen LogP contribution in [0.3, 0.4) is 0 Å². The standard InChI is InChI=1S/C22H28N6O2/c1-15(2)12-18-13-19(25-24-18)22(29)28-10-8-27(9-11-28)14-20-23-21(26-30-20)17-6-4-16(3)5-7-17/h4-7,13,15H,8-12,14H2,1-3H3,(H,24,25). The van der Waals surface area contributed by atoms with Gasteiger partial charge in [-0.15, -0.1) is 0 Å². The monoisotopic (exact) mass is 408 g/mol. The van der Waals surface area contributed by atoms with Crippen LogP contribution in [-0.2, 0) is 13.0 Å². The SMILES string of the molecule is Cc1ccc(-c2noc(CN3CCN(C(=O)c4cc(CC(C)C)[nH]n4)CC3)n2)cc1. The molecule has 0 atom stereocenters. The molecule has 1 fully saturated rings. The summed E-state index contributed by atoms with van der Waals surface area (Å²) < 4.78 is 5.43. The molecule has 158 valence electrons. The summed E-state index contributed by atoms with van der Waals surface area (Å²) in [7, 11) is 0. The summed E-state index contributed by atoms with van der Waals surface area (Å²) in [6.45, 7) is 9.76. The van der Waals surface area contributed by atoms with Crippen LogP contribution in [-0.4, -0.2) is 62.2 Å². The van der Waals surface area contributed by atoms with Crippen molar-refractivity contribution in [1.29, 1.82) is 0 Å². The van der Waals surface area contributed by atoms with Crippen molar-refractivity contribution in [3.8, 4) is 11.4 Å². The first-order valence-electron chi connectivity index (χ1n) is 10.4. The van der Waals surface area contributed by atoms with Crippen molar-refractivity contribution in [2.24, 2.45) is 5.92 Å². The normalized spacial score (nSPS) is 15.1. The minimum Gasteiger partial charge on any atom is -0.338 e. The Morgan fingerprint density at radius 1 is 1.17 bits per heavy atom. The number of rotatable bonds is 6. The third kappa shape index (κ3) is 4.76. The highest BCUT2D eigenvalue weighted by molar-refractivity contribution is 5.92. The van der Waals surface area contributed by atoms with Crippen molar-refractivity contribution in [3.05, 3.63) is 53.2 Å². The van der Waals surface area contributed by atoms with Gasteiger partial charge in [0.05, 0.1) is 6.54 Å². The molecule has 3 heterocycles. The summed E-state index contributed by atoms with van der Waals surface area (Å²) in [6.07, 6.45) is 0.892. The van der Waals surface area contributed by atoms with Gasteiger partial charge in [0.1, 0.15) is 5.69 Å². The summed E-state index contributed by atoms with van der Waals surface area (Å²) in [5, 5.41) is 11.3. The molecule has 0 unspecified atom stereocenters. The number of nitrogens with zero attached hydrogens (tertiary/aromatic N) is 5. The molecule has 8 nitrogen and oxygen atoms in total. The molecule has 1 aliphatic heterocycles. The van der Waals surface area contributed by atoms with Gasteiger partial charge in [-0.05, 0) is 25.3 Å². The van der Waals surface area contributed by atoms with Crippen LogP contribution in [0.1, 0.15) is 41.5 Å². The zero-order chi connectivity index (χ0) is 21.1. The molecule has 2 aromatic heterocycles. The number of aromatic amines is 1. The number of carbonyl (C=O) groups excluding carboxylic acids is 1. The van der Waals surface area contributed by atoms with E-state index in [0.717, 1.165) is 30.8 Å². The second-order valence-electron chi connectivity index (χ2n) is 8.32. The quantitative estimate of drug-likeness (QED) is 0.674. The van der Waals surface area contributed by atoms with E-state index >= 15 is 0 Å². The van der Waals surface area contributed by atoms with Gasteiger partial charge in [-0.2, -0.15) is 10.1 Å². The third-order valence-electron chi connectivity index (χ3n) is 5.27. The number of aromatic nitrogens is 4. The van der Waals surface area contributed by atoms with E-state index in [2.05, 4.69) is 39.1 Å². The second kappa shape index (κ2) is 8.79. The van der Waals surface area contributed by atoms with Crippen LogP contribution in [0.15, 0.2) is 34.9 Å². The highest BCUT2D eigenvalue weighted by atomic mass is 16.5. The van der Waals surface area contributed by atoms with Gasteiger partial charge in [0, 0.05) is 37.4 Å². The molecule has 0 bridgehead atoms. The number of piperazine rings is 1. The van der Waals surface area contributed by atoms with Gasteiger partial charge in [-0.3, -0.25) is 14.8 Å². The maximum Gasteiger partial charge on any atom is 0.274 e. The van der Waals surface area contributed by atoms with E-state index in [1.165, 1.54) is 5.56 Å². The lowest BCUT2D eigenvalue weighted by atomic mass is 10.1. The molecule has 8 heteroatoms. The van der Waals surface area contributed by atoms with Gasteiger partial charge in [-0.25, -0.2) is 0 Å². The Bertz CT molecular complexity index is 983. The van der Waals surface area contributed by atoms with Crippen LogP contribution in [0.5, 0.6) is 0 Å². The van der Waals surface area contributed by atoms with Gasteiger partial charge < -0.3 is 9.42 Å². The number of carbonyl (C=O) groups is 1. The van der Waals surface area contributed by atoms with Gasteiger partial charge in [0.25, 0.3) is 5.91 Å². The van der Waals surface area contributed by atoms with Crippen molar-refractivity contribution >= 4 is 5.91 Å². The van der Waals surface area contributed by atoms with Crippen LogP contribution in [0.4, 0.5) is 0 Å². The molecule has 0 radical (unpaired) electrons. The van der Waals surface area contributed by atoms with Crippen molar-refractivity contribution in [1.82, 2.24) is 30.1 Å². The maximum absolute atomic E-state index is 12.7. The highest BCUT2D eigenvalue weighted by Crippen LogP contribution is 2.18. The topological polar surface area (TPSA) is 91.2 Å². The Morgan fingerprint density at radius 3 is 2.60 bits per heavy atom. The largest absolute Gasteiger partial charge is 0.338 e. The van der Waals surface area contributed by atoms with E-state index in [9.17, 15) is 4.79 Å². The molecule has 0 spiro atoms. The summed E-state index contributed by atoms with van der Waals surface area (Å²) in [6, 6.07) is 9.94. The lowest BCUT2D eigenvalue weighted by Crippen LogP contribution is -2.48. The van der Waals surface area contributed by atoms with Crippen molar-refractivity contribution in [2.75, 3.05) is 26.2 Å². The number of benzene rings is 1. The Morgan fingerprint density at radius 2 is 1.90 bits per heavy atom. The van der Waals surface area contributed by atoms with Crippen LogP contribution in [0.25, 0.3) is 11.4 Å². The van der Waals surface area contributed by atoms with Crippen molar-refractivity contribution in [2.45, 2.75) is 33.7 Å². The third-order valence-corrected chi connectivity index (χ3v) is 5.27. The number of nitrogens with one attached hydrogen (secondary N) is 1. The molecule has 0 saturated carbocycles. The summed E-state index contributed by atoms with van der Waals surface area (Å²) in [4.78, 5) is 21.3. The Balaban J connectivity index is 1.30. The van der Waals surface area contributed by atoms with Crippen LogP contribution in [0.2, 0.25) is 0 Å². The lowest BCUT2D eigenvalue weighted by Gasteiger charge is -2.33. The number of hydrogen-bond acceptors (Lipinski definition) is 6. The number of amides is 1. The van der Waals surface area contributed by atoms with E-state index < -0.39 is 0 Å². The lowest BCUT2D eigenvalue weighted by molar-refractivity contribution is 0.0609. The smallest absolute Gasteiger partial charge is 0.274 e. The summed E-state index contributed by atoms with van der Waals surface area (Å²) >= 11 is 0. The first-order chi connectivity index (χ1) is 14.5. The average Bonchev–Trinajstić information content (AvgIpc) is 3.38. The number of H-pyrrole nitrogens is 1. The van der Waals surface area contributed by atoms with E-state index in [1.54, 1.807) is 0 Å². The molecule has 1 aromatic carbocycles. The fraction of sp³-hybridized carbons (Fsp3) is 0.455. The molecule has 3 aromatic rings. The fourth-order valence-corrected chi connectivity index (χ4v) is 3.62. The predicted octanol–water partition coefficient (Wildman–Crippen LogP) is 2.92. The molecule has 1 saturated heterocycles. The van der Waals surface area contributed by atoms with E-state index in [4.69, 9.17) is 4.52 Å². The molecule has 1 aliphatic rings. The van der Waals surface area contributed by atoms with Crippen molar-refractivity contribution in [3.63, 3.8) is 0 Å². The van der Waals surface area contributed by atoms with Crippen molar-refractivity contribution < 1.29 is 9.32 Å². The maximum atomic E-state index is 12.7. The minimum absolute atomic E-state index is 0.0136. The molecule has 0 aliphatic carbocycles. The number of aryl methyl sites for hydroxylation is 1. The Kier molecular flexibility index (Phi) is 5.94. The number of hydrogen-bond donors (Lipinski definition) is 1. The van der Waals surface area contributed by atoms with E-state index in [0.29, 0.717) is 43.0 Å². The zero-order valence-electron chi connectivity index (χ0n) is 17.8. The fourth-order valence-electron chi connectivity index (χ4n) is 3.62. The molecule has 1 N–H and O–H groups in total.